The lowest BCUT2D eigenvalue weighted by molar-refractivity contribution is -0.132. The first-order chi connectivity index (χ1) is 9.11. The fourth-order valence-electron chi connectivity index (χ4n) is 1.82. The topological polar surface area (TPSA) is 131 Å². The van der Waals surface area contributed by atoms with Crippen molar-refractivity contribution in [1.29, 1.82) is 5.26 Å². The van der Waals surface area contributed by atoms with Gasteiger partial charge in [0.1, 0.15) is 24.0 Å². The molecule has 1 amide bonds. The van der Waals surface area contributed by atoms with Gasteiger partial charge in [-0.2, -0.15) is 10.4 Å². The largest absolute Gasteiger partial charge is 0.390 e. The van der Waals surface area contributed by atoms with E-state index in [1.54, 1.807) is 6.07 Å². The van der Waals surface area contributed by atoms with Crippen LogP contribution in [-0.2, 0) is 4.74 Å². The van der Waals surface area contributed by atoms with Crippen LogP contribution >= 0.6 is 0 Å². The van der Waals surface area contributed by atoms with Crippen LogP contribution in [0.4, 0.5) is 0 Å². The van der Waals surface area contributed by atoms with E-state index in [2.05, 4.69) is 15.5 Å². The zero-order chi connectivity index (χ0) is 13.8. The van der Waals surface area contributed by atoms with E-state index in [1.807, 2.05) is 0 Å². The van der Waals surface area contributed by atoms with Gasteiger partial charge in [0, 0.05) is 19.2 Å². The van der Waals surface area contributed by atoms with Gasteiger partial charge in [-0.3, -0.25) is 9.89 Å². The van der Waals surface area contributed by atoms with Crippen LogP contribution in [0.5, 0.6) is 0 Å². The van der Waals surface area contributed by atoms with Crippen LogP contribution in [0.3, 0.4) is 0 Å². The zero-order valence-corrected chi connectivity index (χ0v) is 10.0. The summed E-state index contributed by atoms with van der Waals surface area (Å²) in [7, 11) is 0. The molecule has 2 heterocycles. The Kier molecular flexibility index (Phi) is 4.11. The van der Waals surface area contributed by atoms with E-state index in [-0.39, 0.29) is 17.9 Å². The molecule has 0 radical (unpaired) electrons. The Bertz CT molecular complexity index is 495. The SMILES string of the molecule is N#Cc1cc(C(=O)NCC2OCCC(O)C2O)[nH]n1. The van der Waals surface area contributed by atoms with Crippen LogP contribution < -0.4 is 5.32 Å². The second-order valence-corrected chi connectivity index (χ2v) is 4.24. The van der Waals surface area contributed by atoms with E-state index >= 15 is 0 Å². The van der Waals surface area contributed by atoms with Crippen molar-refractivity contribution in [2.45, 2.75) is 24.7 Å². The van der Waals surface area contributed by atoms with Gasteiger partial charge in [0.25, 0.3) is 5.91 Å². The van der Waals surface area contributed by atoms with Crippen LogP contribution in [0, 0.1) is 11.3 Å². The maximum absolute atomic E-state index is 11.7. The molecule has 0 aromatic carbocycles. The summed E-state index contributed by atoms with van der Waals surface area (Å²) in [6, 6.07) is 3.12. The molecule has 1 fully saturated rings. The minimum absolute atomic E-state index is 0.0674. The normalized spacial score (nSPS) is 26.7. The lowest BCUT2D eigenvalue weighted by Gasteiger charge is -2.31. The third-order valence-corrected chi connectivity index (χ3v) is 2.92. The van der Waals surface area contributed by atoms with Crippen LogP contribution in [0.1, 0.15) is 22.6 Å². The summed E-state index contributed by atoms with van der Waals surface area (Å²) in [4.78, 5) is 11.7. The van der Waals surface area contributed by atoms with Gasteiger partial charge in [-0.1, -0.05) is 0 Å². The highest BCUT2D eigenvalue weighted by atomic mass is 16.5. The fourth-order valence-corrected chi connectivity index (χ4v) is 1.82. The molecule has 3 unspecified atom stereocenters. The van der Waals surface area contributed by atoms with Crippen molar-refractivity contribution in [3.05, 3.63) is 17.5 Å². The highest BCUT2D eigenvalue weighted by molar-refractivity contribution is 5.92. The number of aliphatic hydroxyl groups is 2. The summed E-state index contributed by atoms with van der Waals surface area (Å²) in [5.74, 6) is -0.454. The molecular formula is C11H14N4O4. The van der Waals surface area contributed by atoms with Gasteiger partial charge in [0.15, 0.2) is 5.69 Å². The third-order valence-electron chi connectivity index (χ3n) is 2.92. The van der Waals surface area contributed by atoms with E-state index in [9.17, 15) is 15.0 Å². The predicted molar refractivity (Wildman–Crippen MR) is 62.0 cm³/mol. The molecular weight excluding hydrogens is 252 g/mol. The fraction of sp³-hybridized carbons (Fsp3) is 0.545. The molecule has 0 saturated carbocycles. The Hall–Kier alpha value is -1.95. The summed E-state index contributed by atoms with van der Waals surface area (Å²) in [6.45, 7) is 0.402. The monoisotopic (exact) mass is 266 g/mol. The molecule has 0 spiro atoms. The summed E-state index contributed by atoms with van der Waals surface area (Å²) < 4.78 is 5.27. The summed E-state index contributed by atoms with van der Waals surface area (Å²) >= 11 is 0. The number of nitriles is 1. The van der Waals surface area contributed by atoms with E-state index in [4.69, 9.17) is 10.00 Å². The Balaban J connectivity index is 1.88. The number of aromatic nitrogens is 2. The maximum Gasteiger partial charge on any atom is 0.269 e. The second kappa shape index (κ2) is 5.79. The van der Waals surface area contributed by atoms with Crippen molar-refractivity contribution < 1.29 is 19.7 Å². The van der Waals surface area contributed by atoms with Crippen molar-refractivity contribution in [2.75, 3.05) is 13.2 Å². The van der Waals surface area contributed by atoms with Gasteiger partial charge in [0.05, 0.1) is 6.10 Å². The molecule has 4 N–H and O–H groups in total. The number of rotatable bonds is 3. The van der Waals surface area contributed by atoms with E-state index < -0.39 is 24.2 Å². The first-order valence-corrected chi connectivity index (χ1v) is 5.83. The molecule has 0 aliphatic carbocycles. The molecule has 1 aliphatic heterocycles. The van der Waals surface area contributed by atoms with E-state index in [0.717, 1.165) is 0 Å². The number of amides is 1. The molecule has 102 valence electrons. The Morgan fingerprint density at radius 1 is 1.68 bits per heavy atom. The van der Waals surface area contributed by atoms with Crippen molar-refractivity contribution in [3.63, 3.8) is 0 Å². The molecule has 8 heteroatoms. The summed E-state index contributed by atoms with van der Waals surface area (Å²) in [6.07, 6.45) is -2.14. The lowest BCUT2D eigenvalue weighted by atomic mass is 10.0. The summed E-state index contributed by atoms with van der Waals surface area (Å²) in [5, 5.41) is 36.3. The Morgan fingerprint density at radius 3 is 3.16 bits per heavy atom. The number of carbonyl (C=O) groups excluding carboxylic acids is 1. The van der Waals surface area contributed by atoms with Gasteiger partial charge in [-0.05, 0) is 6.42 Å². The predicted octanol–water partition coefficient (Wildman–Crippen LogP) is -1.48. The van der Waals surface area contributed by atoms with Crippen LogP contribution in [0.25, 0.3) is 0 Å². The molecule has 19 heavy (non-hydrogen) atoms. The molecule has 1 saturated heterocycles. The average Bonchev–Trinajstić information content (AvgIpc) is 2.89. The highest BCUT2D eigenvalue weighted by Gasteiger charge is 2.31. The number of aliphatic hydroxyl groups excluding tert-OH is 2. The minimum atomic E-state index is -1.02. The number of aromatic amines is 1. The van der Waals surface area contributed by atoms with Crippen molar-refractivity contribution >= 4 is 5.91 Å². The van der Waals surface area contributed by atoms with Gasteiger partial charge in [-0.25, -0.2) is 0 Å². The molecule has 2 rings (SSSR count). The number of nitrogens with one attached hydrogen (secondary N) is 2. The first-order valence-electron chi connectivity index (χ1n) is 5.83. The number of H-pyrrole nitrogens is 1. The quantitative estimate of drug-likeness (QED) is 0.527. The molecule has 1 aromatic heterocycles. The molecule has 3 atom stereocenters. The second-order valence-electron chi connectivity index (χ2n) is 4.24. The van der Waals surface area contributed by atoms with Crippen molar-refractivity contribution in [3.8, 4) is 6.07 Å². The maximum atomic E-state index is 11.7. The molecule has 0 bridgehead atoms. The number of hydrogen-bond donors (Lipinski definition) is 4. The Labute approximate surface area is 109 Å². The Morgan fingerprint density at radius 2 is 2.47 bits per heavy atom. The van der Waals surface area contributed by atoms with Gasteiger partial charge < -0.3 is 20.3 Å². The highest BCUT2D eigenvalue weighted by Crippen LogP contribution is 2.14. The van der Waals surface area contributed by atoms with Gasteiger partial charge in [-0.15, -0.1) is 0 Å². The van der Waals surface area contributed by atoms with E-state index in [0.29, 0.717) is 13.0 Å². The number of carbonyl (C=O) groups is 1. The first kappa shape index (κ1) is 13.5. The number of ether oxygens (including phenoxy) is 1. The number of nitrogens with zero attached hydrogens (tertiary/aromatic N) is 2. The van der Waals surface area contributed by atoms with Gasteiger partial charge in [0.2, 0.25) is 0 Å². The standard InChI is InChI=1S/C11H14N4O4/c12-4-6-3-7(15-14-6)11(18)13-5-9-10(17)8(16)1-2-19-9/h3,8-10,16-17H,1-2,5H2,(H,13,18)(H,14,15). The van der Waals surface area contributed by atoms with Crippen LogP contribution in [0.2, 0.25) is 0 Å². The number of hydrogen-bond acceptors (Lipinski definition) is 6. The molecule has 1 aliphatic rings. The van der Waals surface area contributed by atoms with Crippen molar-refractivity contribution in [1.82, 2.24) is 15.5 Å². The van der Waals surface area contributed by atoms with Crippen molar-refractivity contribution in [2.24, 2.45) is 0 Å². The smallest absolute Gasteiger partial charge is 0.269 e. The summed E-state index contributed by atoms with van der Waals surface area (Å²) in [5.41, 5.74) is 0.275. The molecule has 1 aromatic rings. The van der Waals surface area contributed by atoms with Crippen LogP contribution in [0.15, 0.2) is 6.07 Å². The average molecular weight is 266 g/mol. The van der Waals surface area contributed by atoms with E-state index in [1.165, 1.54) is 6.07 Å². The van der Waals surface area contributed by atoms with Gasteiger partial charge >= 0.3 is 0 Å². The lowest BCUT2D eigenvalue weighted by Crippen LogP contribution is -2.49. The zero-order valence-electron chi connectivity index (χ0n) is 10.0. The minimum Gasteiger partial charge on any atom is -0.390 e. The molecule has 8 nitrogen and oxygen atoms in total. The van der Waals surface area contributed by atoms with Crippen LogP contribution in [-0.4, -0.2) is 57.8 Å². The third kappa shape index (κ3) is 3.08.